The molecule has 12 heavy (non-hydrogen) atoms. The van der Waals surface area contributed by atoms with E-state index in [4.69, 9.17) is 0 Å². The van der Waals surface area contributed by atoms with E-state index in [0.29, 0.717) is 0 Å². The first-order valence-corrected chi connectivity index (χ1v) is 4.26. The van der Waals surface area contributed by atoms with Gasteiger partial charge in [-0.3, -0.25) is 9.79 Å². The van der Waals surface area contributed by atoms with Crippen LogP contribution < -0.4 is 0 Å². The van der Waals surface area contributed by atoms with Crippen molar-refractivity contribution in [3.63, 3.8) is 0 Å². The van der Waals surface area contributed by atoms with Crippen LogP contribution in [0.4, 0.5) is 0 Å². The topological polar surface area (TPSA) is 29.4 Å². The van der Waals surface area contributed by atoms with Gasteiger partial charge in [0.15, 0.2) is 0 Å². The minimum atomic E-state index is 0.0832. The summed E-state index contributed by atoms with van der Waals surface area (Å²) in [7, 11) is 0. The molecule has 0 N–H and O–H groups in total. The molecule has 0 spiro atoms. The van der Waals surface area contributed by atoms with Gasteiger partial charge in [-0.15, -0.1) is 0 Å². The molecule has 0 unspecified atom stereocenters. The van der Waals surface area contributed by atoms with Crippen LogP contribution in [0.1, 0.15) is 34.1 Å². The Morgan fingerprint density at radius 3 is 2.42 bits per heavy atom. The number of allylic oxidation sites excluding steroid dienone is 2. The minimum absolute atomic E-state index is 0.0832. The summed E-state index contributed by atoms with van der Waals surface area (Å²) in [4.78, 5) is 15.1. The van der Waals surface area contributed by atoms with E-state index in [9.17, 15) is 4.79 Å². The van der Waals surface area contributed by atoms with Gasteiger partial charge < -0.3 is 0 Å². The van der Waals surface area contributed by atoms with Gasteiger partial charge in [0.1, 0.15) is 5.78 Å². The zero-order chi connectivity index (χ0) is 9.56. The quantitative estimate of drug-likeness (QED) is 0.592. The van der Waals surface area contributed by atoms with Crippen molar-refractivity contribution in [2.75, 3.05) is 0 Å². The lowest BCUT2D eigenvalue weighted by Crippen LogP contribution is -2.06. The summed E-state index contributed by atoms with van der Waals surface area (Å²) in [5.41, 5.74) is 0.986. The molecule has 1 atom stereocenters. The van der Waals surface area contributed by atoms with Gasteiger partial charge in [0.2, 0.25) is 0 Å². The van der Waals surface area contributed by atoms with E-state index < -0.39 is 0 Å². The Kier molecular flexibility index (Phi) is 5.26. The van der Waals surface area contributed by atoms with E-state index in [-0.39, 0.29) is 11.7 Å². The minimum Gasteiger partial charge on any atom is -0.300 e. The first kappa shape index (κ1) is 11.1. The highest BCUT2D eigenvalue weighted by atomic mass is 16.1. The van der Waals surface area contributed by atoms with Gasteiger partial charge in [-0.05, 0) is 27.2 Å². The lowest BCUT2D eigenvalue weighted by atomic mass is 10.0. The predicted molar refractivity (Wildman–Crippen MR) is 52.4 cm³/mol. The highest BCUT2D eigenvalue weighted by molar-refractivity contribution is 5.78. The van der Waals surface area contributed by atoms with Crippen LogP contribution >= 0.6 is 0 Å². The lowest BCUT2D eigenvalue weighted by molar-refractivity contribution is -0.120. The summed E-state index contributed by atoms with van der Waals surface area (Å²) in [6.45, 7) is 7.36. The van der Waals surface area contributed by atoms with Crippen LogP contribution in [-0.2, 0) is 4.79 Å². The molecular weight excluding hydrogens is 150 g/mol. The van der Waals surface area contributed by atoms with Crippen molar-refractivity contribution in [3.05, 3.63) is 11.8 Å². The van der Waals surface area contributed by atoms with Crippen LogP contribution in [0.5, 0.6) is 0 Å². The molecule has 0 saturated heterocycles. The van der Waals surface area contributed by atoms with Gasteiger partial charge in [0.05, 0.1) is 0 Å². The Balaban J connectivity index is 4.13. The average molecular weight is 167 g/mol. The maximum atomic E-state index is 10.9. The van der Waals surface area contributed by atoms with Gasteiger partial charge in [-0.1, -0.05) is 13.0 Å². The molecule has 0 rings (SSSR count). The van der Waals surface area contributed by atoms with Gasteiger partial charge in [0.25, 0.3) is 0 Å². The second-order valence-electron chi connectivity index (χ2n) is 2.88. The molecule has 2 heteroatoms. The first-order valence-electron chi connectivity index (χ1n) is 4.26. The van der Waals surface area contributed by atoms with Crippen molar-refractivity contribution in [1.82, 2.24) is 0 Å². The number of Topliss-reactive ketones (excluding diaryl/α,β-unsaturated/α-hetero) is 1. The second-order valence-corrected chi connectivity index (χ2v) is 2.88. The highest BCUT2D eigenvalue weighted by Gasteiger charge is 2.08. The van der Waals surface area contributed by atoms with E-state index in [1.807, 2.05) is 26.8 Å². The van der Waals surface area contributed by atoms with Gasteiger partial charge in [-0.25, -0.2) is 0 Å². The predicted octanol–water partition coefficient (Wildman–Crippen LogP) is 2.60. The van der Waals surface area contributed by atoms with E-state index in [1.54, 1.807) is 13.1 Å². The van der Waals surface area contributed by atoms with E-state index >= 15 is 0 Å². The van der Waals surface area contributed by atoms with Crippen molar-refractivity contribution in [2.45, 2.75) is 34.1 Å². The molecule has 0 fully saturated rings. The summed E-state index contributed by atoms with van der Waals surface area (Å²) >= 11 is 0. The average Bonchev–Trinajstić information content (AvgIpc) is 2.03. The number of aliphatic imine (C=N–C) groups is 1. The van der Waals surface area contributed by atoms with Crippen LogP contribution in [0.25, 0.3) is 0 Å². The fourth-order valence-electron chi connectivity index (χ4n) is 0.868. The number of ketones is 1. The fourth-order valence-corrected chi connectivity index (χ4v) is 0.868. The molecule has 2 nitrogen and oxygen atoms in total. The van der Waals surface area contributed by atoms with Crippen molar-refractivity contribution in [1.29, 1.82) is 0 Å². The van der Waals surface area contributed by atoms with Crippen LogP contribution in [-0.4, -0.2) is 12.0 Å². The van der Waals surface area contributed by atoms with Crippen molar-refractivity contribution >= 4 is 12.0 Å². The molecule has 0 aliphatic carbocycles. The Labute approximate surface area is 74.4 Å². The summed E-state index contributed by atoms with van der Waals surface area (Å²) in [5, 5.41) is 0. The molecule has 0 aliphatic rings. The third kappa shape index (κ3) is 4.06. The highest BCUT2D eigenvalue weighted by Crippen LogP contribution is 2.12. The Bertz CT molecular complexity index is 204. The standard InChI is InChI=1S/C10H17NO/c1-5-10(11-6-2)7-8(3)9(4)12/h5-6,8H,7H2,1-4H3/b10-5-,11-6-/t8-/m0/s1. The van der Waals surface area contributed by atoms with Gasteiger partial charge >= 0.3 is 0 Å². The first-order chi connectivity index (χ1) is 5.61. The molecule has 0 aromatic carbocycles. The normalized spacial score (nSPS) is 15.2. The zero-order valence-corrected chi connectivity index (χ0v) is 8.29. The summed E-state index contributed by atoms with van der Waals surface area (Å²) in [6, 6.07) is 0. The number of rotatable bonds is 4. The van der Waals surface area contributed by atoms with E-state index in [0.717, 1.165) is 12.1 Å². The largest absolute Gasteiger partial charge is 0.300 e. The van der Waals surface area contributed by atoms with Crippen LogP contribution in [0.3, 0.4) is 0 Å². The van der Waals surface area contributed by atoms with Gasteiger partial charge in [0, 0.05) is 17.8 Å². The summed E-state index contributed by atoms with van der Waals surface area (Å²) in [5.74, 6) is 0.306. The number of carbonyl (C=O) groups excluding carboxylic acids is 1. The third-order valence-corrected chi connectivity index (χ3v) is 1.84. The number of hydrogen-bond donors (Lipinski definition) is 0. The smallest absolute Gasteiger partial charge is 0.133 e. The van der Waals surface area contributed by atoms with Crippen LogP contribution in [0.2, 0.25) is 0 Å². The van der Waals surface area contributed by atoms with Crippen LogP contribution in [0, 0.1) is 5.92 Å². The molecular formula is C10H17NO. The molecule has 0 amide bonds. The molecule has 0 bridgehead atoms. The van der Waals surface area contributed by atoms with Crippen LogP contribution in [0.15, 0.2) is 16.8 Å². The molecule has 0 heterocycles. The van der Waals surface area contributed by atoms with E-state index in [2.05, 4.69) is 4.99 Å². The zero-order valence-electron chi connectivity index (χ0n) is 8.29. The van der Waals surface area contributed by atoms with Crippen molar-refractivity contribution in [3.8, 4) is 0 Å². The monoisotopic (exact) mass is 167 g/mol. The maximum Gasteiger partial charge on any atom is 0.133 e. The van der Waals surface area contributed by atoms with E-state index in [1.165, 1.54) is 0 Å². The third-order valence-electron chi connectivity index (χ3n) is 1.84. The maximum absolute atomic E-state index is 10.9. The molecule has 0 aromatic rings. The second kappa shape index (κ2) is 5.70. The molecule has 68 valence electrons. The number of hydrogen-bond acceptors (Lipinski definition) is 2. The Morgan fingerprint density at radius 2 is 2.08 bits per heavy atom. The molecule has 0 saturated carbocycles. The molecule has 0 aromatic heterocycles. The van der Waals surface area contributed by atoms with Crippen molar-refractivity contribution < 1.29 is 4.79 Å². The Hall–Kier alpha value is -0.920. The SMILES string of the molecule is C/C=N\C(=C/C)C[C@H](C)C(C)=O. The summed E-state index contributed by atoms with van der Waals surface area (Å²) in [6.07, 6.45) is 4.44. The molecule has 0 radical (unpaired) electrons. The summed E-state index contributed by atoms with van der Waals surface area (Å²) < 4.78 is 0. The Morgan fingerprint density at radius 1 is 1.50 bits per heavy atom. The van der Waals surface area contributed by atoms with Gasteiger partial charge in [-0.2, -0.15) is 0 Å². The number of carbonyl (C=O) groups is 1. The number of nitrogens with zero attached hydrogens (tertiary/aromatic N) is 1. The van der Waals surface area contributed by atoms with Crippen molar-refractivity contribution in [2.24, 2.45) is 10.9 Å². The molecule has 0 aliphatic heterocycles. The lowest BCUT2D eigenvalue weighted by Gasteiger charge is -2.06. The fraction of sp³-hybridized carbons (Fsp3) is 0.600.